The number of ether oxygens (including phenoxy) is 4. The van der Waals surface area contributed by atoms with E-state index in [0.717, 1.165) is 68.8 Å². The summed E-state index contributed by atoms with van der Waals surface area (Å²) in [6.07, 6.45) is 4.19. The van der Waals surface area contributed by atoms with Crippen molar-refractivity contribution in [2.45, 2.75) is 86.5 Å². The van der Waals surface area contributed by atoms with Gasteiger partial charge in [-0.1, -0.05) is 125 Å². The zero-order valence-electron chi connectivity index (χ0n) is 31.6. The van der Waals surface area contributed by atoms with Crippen LogP contribution < -0.4 is 18.9 Å². The van der Waals surface area contributed by atoms with Gasteiger partial charge in [0.25, 0.3) is 0 Å². The van der Waals surface area contributed by atoms with E-state index in [1.54, 1.807) is 0 Å². The third kappa shape index (κ3) is 7.21. The Hall–Kier alpha value is -2.96. The third-order valence-electron chi connectivity index (χ3n) is 11.2. The molecule has 0 fully saturated rings. The lowest BCUT2D eigenvalue weighted by molar-refractivity contribution is 0.217. The van der Waals surface area contributed by atoms with E-state index in [4.69, 9.17) is 18.9 Å². The Morgan fingerprint density at radius 1 is 0.431 bits per heavy atom. The number of halogens is 2. The predicted octanol–water partition coefficient (Wildman–Crippen LogP) is 13.3. The van der Waals surface area contributed by atoms with Gasteiger partial charge in [-0.05, 0) is 117 Å². The lowest BCUT2D eigenvalue weighted by Gasteiger charge is -2.31. The summed E-state index contributed by atoms with van der Waals surface area (Å²) in [5.74, 6) is 4.87. The number of hydrogen-bond acceptors (Lipinski definition) is 4. The highest BCUT2D eigenvalue weighted by molar-refractivity contribution is 9.10. The average Bonchev–Trinajstić information content (AvgIpc) is 3.57. The summed E-state index contributed by atoms with van der Waals surface area (Å²) < 4.78 is 28.8. The maximum atomic E-state index is 6.72. The molecule has 0 bridgehead atoms. The smallest absolute Gasteiger partial charge is 0.161 e. The molecule has 4 aromatic carbocycles. The molecule has 0 amide bonds. The van der Waals surface area contributed by atoms with E-state index in [9.17, 15) is 0 Å². The van der Waals surface area contributed by atoms with Gasteiger partial charge >= 0.3 is 0 Å². The van der Waals surface area contributed by atoms with E-state index < -0.39 is 5.41 Å². The molecule has 272 valence electrons. The summed E-state index contributed by atoms with van der Waals surface area (Å²) in [4.78, 5) is 0. The molecule has 0 radical (unpaired) electrons. The Balaban J connectivity index is 1.67. The van der Waals surface area contributed by atoms with E-state index in [1.165, 1.54) is 33.4 Å². The predicted molar refractivity (Wildman–Crippen MR) is 218 cm³/mol. The average molecular weight is 819 g/mol. The number of fused-ring (bicyclic) bond motifs is 10. The van der Waals surface area contributed by atoms with Gasteiger partial charge in [-0.2, -0.15) is 0 Å². The van der Waals surface area contributed by atoms with Crippen LogP contribution in [0.3, 0.4) is 0 Å². The Bertz CT molecular complexity index is 1730. The summed E-state index contributed by atoms with van der Waals surface area (Å²) in [5.41, 5.74) is 9.00. The van der Waals surface area contributed by atoms with Crippen LogP contribution >= 0.6 is 31.9 Å². The quantitative estimate of drug-likeness (QED) is 0.0975. The molecule has 0 aromatic heterocycles. The minimum atomic E-state index is -0.615. The van der Waals surface area contributed by atoms with Crippen molar-refractivity contribution in [2.75, 3.05) is 26.4 Å². The van der Waals surface area contributed by atoms with Crippen LogP contribution in [0.15, 0.2) is 69.6 Å². The molecule has 4 aromatic rings. The molecule has 4 unspecified atom stereocenters. The van der Waals surface area contributed by atoms with Gasteiger partial charge in [0, 0.05) is 8.95 Å². The van der Waals surface area contributed by atoms with Crippen molar-refractivity contribution in [1.82, 2.24) is 0 Å². The molecule has 6 rings (SSSR count). The van der Waals surface area contributed by atoms with E-state index in [0.29, 0.717) is 50.1 Å². The summed E-state index contributed by atoms with van der Waals surface area (Å²) >= 11 is 7.73. The van der Waals surface area contributed by atoms with E-state index >= 15 is 0 Å². The molecule has 4 atom stereocenters. The van der Waals surface area contributed by atoms with E-state index in [2.05, 4.69) is 148 Å². The molecule has 2 aliphatic rings. The first kappa shape index (κ1) is 37.8. The van der Waals surface area contributed by atoms with Crippen LogP contribution in [-0.4, -0.2) is 26.4 Å². The molecule has 0 saturated carbocycles. The van der Waals surface area contributed by atoms with Crippen LogP contribution in [0.2, 0.25) is 0 Å². The number of rotatable bonds is 16. The molecule has 2 aliphatic carbocycles. The second kappa shape index (κ2) is 16.0. The summed E-state index contributed by atoms with van der Waals surface area (Å²) in [6, 6.07) is 22.5. The van der Waals surface area contributed by atoms with Gasteiger partial charge in [0.05, 0.1) is 31.8 Å². The van der Waals surface area contributed by atoms with Crippen molar-refractivity contribution in [2.24, 2.45) is 23.7 Å². The lowest BCUT2D eigenvalue weighted by Crippen LogP contribution is -2.26. The first-order valence-electron chi connectivity index (χ1n) is 19.0. The standard InChI is InChI=1S/C45H54Br2O4/c1-9-27(5)23-48-41-19-35-36-20-42(49-24-28(6)10-2)44(51-26-30(8)12-4)22-40(36)45(39(35)21-43(41)50-25-29(7)11-3)37-17-31(46)13-15-33(37)34-16-14-32(47)18-38(34)45/h13-22,27-30H,9-12,23-26H2,1-8H3. The van der Waals surface area contributed by atoms with Crippen LogP contribution in [0.4, 0.5) is 0 Å². The van der Waals surface area contributed by atoms with Crippen molar-refractivity contribution in [3.63, 3.8) is 0 Å². The first-order chi connectivity index (χ1) is 24.5. The van der Waals surface area contributed by atoms with E-state index in [-0.39, 0.29) is 0 Å². The molecule has 51 heavy (non-hydrogen) atoms. The van der Waals surface area contributed by atoms with Crippen molar-refractivity contribution in [1.29, 1.82) is 0 Å². The molecule has 4 nitrogen and oxygen atoms in total. The Kier molecular flexibility index (Phi) is 11.8. The SMILES string of the molecule is CCC(C)COc1cc2c(cc1OCC(C)CC)C1(c3cc(Br)ccc3-c3ccc(Br)cc31)c1cc(OCC(C)CC)c(OCC(C)CC)cc1-2. The fourth-order valence-corrected chi connectivity index (χ4v) is 7.75. The van der Waals surface area contributed by atoms with Gasteiger partial charge in [0.15, 0.2) is 23.0 Å². The third-order valence-corrected chi connectivity index (χ3v) is 12.2. The monoisotopic (exact) mass is 816 g/mol. The molecule has 0 aliphatic heterocycles. The summed E-state index contributed by atoms with van der Waals surface area (Å²) in [7, 11) is 0. The Labute approximate surface area is 322 Å². The maximum Gasteiger partial charge on any atom is 0.161 e. The second-order valence-corrected chi connectivity index (χ2v) is 16.9. The highest BCUT2D eigenvalue weighted by Gasteiger charge is 2.53. The molecular weight excluding hydrogens is 764 g/mol. The van der Waals surface area contributed by atoms with Gasteiger partial charge in [-0.25, -0.2) is 0 Å². The van der Waals surface area contributed by atoms with Gasteiger partial charge in [0.1, 0.15) is 0 Å². The minimum absolute atomic E-state index is 0.419. The van der Waals surface area contributed by atoms with Crippen molar-refractivity contribution in [3.05, 3.63) is 91.9 Å². The van der Waals surface area contributed by atoms with Crippen LogP contribution in [0.25, 0.3) is 22.3 Å². The molecular formula is C45H54Br2O4. The van der Waals surface area contributed by atoms with E-state index in [1.807, 2.05) is 0 Å². The van der Waals surface area contributed by atoms with Crippen molar-refractivity contribution >= 4 is 31.9 Å². The fourth-order valence-electron chi connectivity index (χ4n) is 7.03. The minimum Gasteiger partial charge on any atom is -0.489 e. The van der Waals surface area contributed by atoms with Gasteiger partial charge < -0.3 is 18.9 Å². The van der Waals surface area contributed by atoms with Crippen molar-refractivity contribution < 1.29 is 18.9 Å². The summed E-state index contributed by atoms with van der Waals surface area (Å²) in [5, 5.41) is 0. The summed E-state index contributed by atoms with van der Waals surface area (Å²) in [6.45, 7) is 20.3. The topological polar surface area (TPSA) is 36.9 Å². The number of benzene rings is 4. The molecule has 1 spiro atoms. The highest BCUT2D eigenvalue weighted by Crippen LogP contribution is 2.65. The van der Waals surface area contributed by atoms with Gasteiger partial charge in [-0.15, -0.1) is 0 Å². The van der Waals surface area contributed by atoms with Crippen LogP contribution in [-0.2, 0) is 5.41 Å². The lowest BCUT2D eigenvalue weighted by atomic mass is 9.70. The van der Waals surface area contributed by atoms with Gasteiger partial charge in [-0.3, -0.25) is 0 Å². The molecule has 0 N–H and O–H groups in total. The molecule has 0 saturated heterocycles. The molecule has 6 heteroatoms. The number of hydrogen-bond donors (Lipinski definition) is 0. The van der Waals surface area contributed by atoms with Gasteiger partial charge in [0.2, 0.25) is 0 Å². The second-order valence-electron chi connectivity index (χ2n) is 15.1. The normalized spacial score (nSPS) is 15.7. The maximum absolute atomic E-state index is 6.72. The van der Waals surface area contributed by atoms with Crippen LogP contribution in [0.5, 0.6) is 23.0 Å². The van der Waals surface area contributed by atoms with Crippen LogP contribution in [0, 0.1) is 23.7 Å². The first-order valence-corrected chi connectivity index (χ1v) is 20.6. The Morgan fingerprint density at radius 2 is 0.725 bits per heavy atom. The zero-order valence-corrected chi connectivity index (χ0v) is 34.8. The Morgan fingerprint density at radius 3 is 1.04 bits per heavy atom. The zero-order chi connectivity index (χ0) is 36.4. The largest absolute Gasteiger partial charge is 0.489 e. The highest BCUT2D eigenvalue weighted by atomic mass is 79.9. The molecule has 0 heterocycles. The van der Waals surface area contributed by atoms with Crippen molar-refractivity contribution in [3.8, 4) is 45.3 Å². The fraction of sp³-hybridized carbons (Fsp3) is 0.467. The van der Waals surface area contributed by atoms with Crippen LogP contribution in [0.1, 0.15) is 103 Å².